The topological polar surface area (TPSA) is 77.2 Å². The van der Waals surface area contributed by atoms with Crippen molar-refractivity contribution in [2.24, 2.45) is 5.92 Å². The monoisotopic (exact) mass is 328 g/mol. The number of fused-ring (bicyclic) bond motifs is 1. The number of amides is 1. The maximum atomic E-state index is 12.5. The van der Waals surface area contributed by atoms with Crippen LogP contribution in [0.2, 0.25) is 0 Å². The number of nitrogens with zero attached hydrogens (tertiary/aromatic N) is 4. The summed E-state index contributed by atoms with van der Waals surface area (Å²) in [5.41, 5.74) is 0.809. The van der Waals surface area contributed by atoms with Gasteiger partial charge in [0.15, 0.2) is 0 Å². The molecule has 2 atom stereocenters. The average Bonchev–Trinajstić information content (AvgIpc) is 3.08. The highest BCUT2D eigenvalue weighted by Gasteiger charge is 2.54. The highest BCUT2D eigenvalue weighted by molar-refractivity contribution is 5.87. The van der Waals surface area contributed by atoms with Gasteiger partial charge < -0.3 is 20.1 Å². The van der Waals surface area contributed by atoms with Gasteiger partial charge in [-0.25, -0.2) is 9.97 Å². The van der Waals surface area contributed by atoms with Gasteiger partial charge in [0.1, 0.15) is 17.8 Å². The molecule has 24 heavy (non-hydrogen) atoms. The van der Waals surface area contributed by atoms with E-state index in [2.05, 4.69) is 37.0 Å². The molecule has 2 aliphatic heterocycles. The molecule has 1 amide bonds. The van der Waals surface area contributed by atoms with E-state index in [-0.39, 0.29) is 11.4 Å². The van der Waals surface area contributed by atoms with Gasteiger partial charge >= 0.3 is 0 Å². The molecule has 0 aliphatic carbocycles. The Labute approximate surface area is 141 Å². The Kier molecular flexibility index (Phi) is 3.68. The molecule has 0 bridgehead atoms. The molecule has 2 fully saturated rings. The molecule has 2 aliphatic rings. The Morgan fingerprint density at radius 3 is 3.17 bits per heavy atom. The summed E-state index contributed by atoms with van der Waals surface area (Å²) in [5, 5.41) is 4.04. The molecule has 128 valence electrons. The van der Waals surface area contributed by atoms with Crippen LogP contribution in [0.25, 0.3) is 11.0 Å². The lowest BCUT2D eigenvalue weighted by Gasteiger charge is -2.61. The number of likely N-dealkylation sites (N-methyl/N-ethyl adjacent to an activating group) is 1. The molecule has 0 aromatic carbocycles. The van der Waals surface area contributed by atoms with Crippen molar-refractivity contribution in [1.82, 2.24) is 25.2 Å². The highest BCUT2D eigenvalue weighted by atomic mass is 16.2. The number of carbonyl (C=O) groups excluding carboxylic acids is 1. The predicted molar refractivity (Wildman–Crippen MR) is 92.9 cm³/mol. The van der Waals surface area contributed by atoms with E-state index < -0.39 is 0 Å². The van der Waals surface area contributed by atoms with E-state index in [4.69, 9.17) is 0 Å². The van der Waals surface area contributed by atoms with Crippen molar-refractivity contribution >= 4 is 22.8 Å². The normalized spacial score (nSPS) is 26.8. The second-order valence-electron chi connectivity index (χ2n) is 7.00. The summed E-state index contributed by atoms with van der Waals surface area (Å²) in [6.07, 6.45) is 5.66. The van der Waals surface area contributed by atoms with Crippen LogP contribution >= 0.6 is 0 Å². The first kappa shape index (κ1) is 15.4. The fourth-order valence-electron chi connectivity index (χ4n) is 4.35. The Morgan fingerprint density at radius 2 is 2.38 bits per heavy atom. The van der Waals surface area contributed by atoms with Crippen LogP contribution in [-0.2, 0) is 4.79 Å². The maximum absolute atomic E-state index is 12.5. The van der Waals surface area contributed by atoms with Crippen molar-refractivity contribution in [2.45, 2.75) is 25.3 Å². The first-order valence-corrected chi connectivity index (χ1v) is 8.64. The summed E-state index contributed by atoms with van der Waals surface area (Å²) in [6.45, 7) is 5.35. The van der Waals surface area contributed by atoms with Crippen molar-refractivity contribution < 1.29 is 4.79 Å². The molecule has 2 unspecified atom stereocenters. The van der Waals surface area contributed by atoms with Crippen LogP contribution in [0.15, 0.2) is 18.6 Å². The van der Waals surface area contributed by atoms with E-state index >= 15 is 0 Å². The van der Waals surface area contributed by atoms with E-state index in [0.717, 1.165) is 49.3 Å². The van der Waals surface area contributed by atoms with Crippen LogP contribution in [0.3, 0.4) is 0 Å². The molecule has 7 nitrogen and oxygen atoms in total. The quantitative estimate of drug-likeness (QED) is 0.879. The van der Waals surface area contributed by atoms with E-state index in [1.165, 1.54) is 0 Å². The van der Waals surface area contributed by atoms with E-state index in [0.29, 0.717) is 12.5 Å². The zero-order valence-corrected chi connectivity index (χ0v) is 14.2. The number of anilines is 1. The van der Waals surface area contributed by atoms with Crippen LogP contribution in [-0.4, -0.2) is 64.5 Å². The minimum absolute atomic E-state index is 0.0558. The summed E-state index contributed by atoms with van der Waals surface area (Å²) in [7, 11) is 1.82. The molecule has 4 rings (SSSR count). The van der Waals surface area contributed by atoms with Gasteiger partial charge in [0.25, 0.3) is 0 Å². The lowest BCUT2D eigenvalue weighted by Crippen LogP contribution is -2.74. The summed E-state index contributed by atoms with van der Waals surface area (Å²) < 4.78 is 0. The number of piperidine rings is 1. The van der Waals surface area contributed by atoms with Crippen molar-refractivity contribution in [1.29, 1.82) is 0 Å². The Bertz CT molecular complexity index is 758. The summed E-state index contributed by atoms with van der Waals surface area (Å²) in [5.74, 6) is 1.69. The third-order valence-corrected chi connectivity index (χ3v) is 5.68. The predicted octanol–water partition coefficient (Wildman–Crippen LogP) is 0.995. The number of hydrogen-bond donors (Lipinski definition) is 2. The zero-order valence-electron chi connectivity index (χ0n) is 14.2. The van der Waals surface area contributed by atoms with Crippen LogP contribution < -0.4 is 10.2 Å². The summed E-state index contributed by atoms with van der Waals surface area (Å²) >= 11 is 0. The molecular weight excluding hydrogens is 304 g/mol. The van der Waals surface area contributed by atoms with E-state index in [1.54, 1.807) is 6.33 Å². The second kappa shape index (κ2) is 5.73. The van der Waals surface area contributed by atoms with Crippen molar-refractivity contribution in [2.75, 3.05) is 38.1 Å². The number of aromatic nitrogens is 3. The molecule has 2 aromatic heterocycles. The maximum Gasteiger partial charge on any atom is 0.237 e. The van der Waals surface area contributed by atoms with Crippen LogP contribution in [0, 0.1) is 5.92 Å². The fraction of sp³-hybridized carbons (Fsp3) is 0.588. The molecule has 0 saturated carbocycles. The van der Waals surface area contributed by atoms with Gasteiger partial charge in [-0.3, -0.25) is 4.79 Å². The van der Waals surface area contributed by atoms with Gasteiger partial charge in [-0.1, -0.05) is 6.92 Å². The van der Waals surface area contributed by atoms with Gasteiger partial charge in [0, 0.05) is 25.8 Å². The first-order chi connectivity index (χ1) is 11.7. The Morgan fingerprint density at radius 1 is 1.50 bits per heavy atom. The Hall–Kier alpha value is -2.15. The van der Waals surface area contributed by atoms with Gasteiger partial charge in [-0.2, -0.15) is 0 Å². The number of likely N-dealkylation sites (tertiary alicyclic amines) is 1. The number of nitrogens with one attached hydrogen (secondary N) is 2. The lowest BCUT2D eigenvalue weighted by atomic mass is 9.69. The number of hydrogen-bond acceptors (Lipinski definition) is 5. The van der Waals surface area contributed by atoms with Crippen molar-refractivity contribution in [3.8, 4) is 0 Å². The largest absolute Gasteiger partial charge is 0.354 e. The van der Waals surface area contributed by atoms with Gasteiger partial charge in [0.05, 0.1) is 17.5 Å². The smallest absolute Gasteiger partial charge is 0.237 e. The average molecular weight is 328 g/mol. The van der Waals surface area contributed by atoms with Crippen LogP contribution in [0.1, 0.15) is 19.8 Å². The summed E-state index contributed by atoms with van der Waals surface area (Å²) in [6, 6.07) is 2.03. The molecule has 1 spiro atoms. The van der Waals surface area contributed by atoms with Crippen LogP contribution in [0.5, 0.6) is 0 Å². The van der Waals surface area contributed by atoms with Gasteiger partial charge in [-0.05, 0) is 31.9 Å². The fourth-order valence-corrected chi connectivity index (χ4v) is 4.35. The number of aromatic amines is 1. The number of rotatable bonds is 3. The van der Waals surface area contributed by atoms with Crippen LogP contribution in [0.4, 0.5) is 5.82 Å². The van der Waals surface area contributed by atoms with E-state index in [9.17, 15) is 4.79 Å². The zero-order chi connectivity index (χ0) is 16.7. The van der Waals surface area contributed by atoms with Crippen molar-refractivity contribution in [3.63, 3.8) is 0 Å². The first-order valence-electron chi connectivity index (χ1n) is 8.64. The third-order valence-electron chi connectivity index (χ3n) is 5.68. The SMILES string of the molecule is CNCC(=O)N1CC(C)C12CCCN(c1ncnc3[nH]ccc13)C2. The standard InChI is InChI=1S/C17H24N6O/c1-12-9-23(14(24)8-18-2)17(12)5-3-7-22(10-17)16-13-4-6-19-15(13)20-11-21-16/h4,6,11-12,18H,3,5,7-10H2,1-2H3,(H,19,20,21). The molecule has 7 heteroatoms. The van der Waals surface area contributed by atoms with Gasteiger partial charge in [0.2, 0.25) is 5.91 Å². The Balaban J connectivity index is 1.63. The molecular formula is C17H24N6O. The number of carbonyl (C=O) groups is 1. The van der Waals surface area contributed by atoms with Gasteiger partial charge in [-0.15, -0.1) is 0 Å². The van der Waals surface area contributed by atoms with Crippen molar-refractivity contribution in [3.05, 3.63) is 18.6 Å². The minimum Gasteiger partial charge on any atom is -0.354 e. The molecule has 2 saturated heterocycles. The molecule has 2 aromatic rings. The molecule has 0 radical (unpaired) electrons. The second-order valence-corrected chi connectivity index (χ2v) is 7.00. The van der Waals surface area contributed by atoms with E-state index in [1.807, 2.05) is 19.3 Å². The lowest BCUT2D eigenvalue weighted by molar-refractivity contribution is -0.156. The number of H-pyrrole nitrogens is 1. The third kappa shape index (κ3) is 2.18. The highest BCUT2D eigenvalue weighted by Crippen LogP contribution is 2.44. The minimum atomic E-state index is -0.0558. The molecule has 2 N–H and O–H groups in total. The summed E-state index contributed by atoms with van der Waals surface area (Å²) in [4.78, 5) is 28.9. The molecule has 4 heterocycles.